The van der Waals surface area contributed by atoms with Gasteiger partial charge in [-0.3, -0.25) is 4.79 Å². The average Bonchev–Trinajstić information content (AvgIpc) is 3.11. The van der Waals surface area contributed by atoms with Crippen LogP contribution in [0.4, 0.5) is 5.69 Å². The highest BCUT2D eigenvalue weighted by atomic mass is 35.5. The minimum Gasteiger partial charge on any atom is -0.454 e. The van der Waals surface area contributed by atoms with Gasteiger partial charge in [0.15, 0.2) is 11.5 Å². The number of ether oxygens (including phenoxy) is 2. The fourth-order valence-corrected chi connectivity index (χ4v) is 3.65. The molecule has 1 atom stereocenters. The summed E-state index contributed by atoms with van der Waals surface area (Å²) in [7, 11) is 0. The summed E-state index contributed by atoms with van der Waals surface area (Å²) < 4.78 is 10.7. The summed E-state index contributed by atoms with van der Waals surface area (Å²) in [6, 6.07) is 13.8. The van der Waals surface area contributed by atoms with Crippen molar-refractivity contribution < 1.29 is 14.3 Å². The van der Waals surface area contributed by atoms with E-state index < -0.39 is 0 Å². The number of fused-ring (bicyclic) bond motifs is 1. The topological polar surface area (TPSA) is 42.0 Å². The summed E-state index contributed by atoms with van der Waals surface area (Å²) in [5.74, 6) is 1.02. The van der Waals surface area contributed by atoms with E-state index in [2.05, 4.69) is 24.0 Å². The van der Waals surface area contributed by atoms with Crippen LogP contribution in [0, 0.1) is 0 Å². The fourth-order valence-electron chi connectivity index (χ4n) is 3.39. The first-order chi connectivity index (χ1) is 12.1. The molecule has 0 radical (unpaired) electrons. The van der Waals surface area contributed by atoms with Gasteiger partial charge in [0.1, 0.15) is 0 Å². The molecule has 2 aromatic rings. The molecule has 0 N–H and O–H groups in total. The Kier molecular flexibility index (Phi) is 4.17. The number of carbonyl (C=O) groups excluding carboxylic acids is 1. The predicted octanol–water partition coefficient (Wildman–Crippen LogP) is 3.42. The van der Waals surface area contributed by atoms with Crippen LogP contribution in [0.2, 0.25) is 5.02 Å². The zero-order valence-electron chi connectivity index (χ0n) is 13.9. The predicted molar refractivity (Wildman–Crippen MR) is 96.7 cm³/mol. The van der Waals surface area contributed by atoms with Crippen molar-refractivity contribution in [3.05, 3.63) is 53.1 Å². The highest BCUT2D eigenvalue weighted by molar-refractivity contribution is 6.32. The third kappa shape index (κ3) is 3.00. The summed E-state index contributed by atoms with van der Waals surface area (Å²) in [6.45, 7) is 4.48. The van der Waals surface area contributed by atoms with E-state index in [1.54, 1.807) is 12.1 Å². The molecule has 130 valence electrons. The number of para-hydroxylation sites is 1. The number of piperazine rings is 1. The molecule has 0 saturated carbocycles. The molecule has 2 aromatic carbocycles. The lowest BCUT2D eigenvalue weighted by Gasteiger charge is -2.41. The number of halogens is 1. The Bertz CT molecular complexity index is 797. The van der Waals surface area contributed by atoms with E-state index in [-0.39, 0.29) is 18.7 Å². The second-order valence-corrected chi connectivity index (χ2v) is 6.73. The zero-order chi connectivity index (χ0) is 17.4. The summed E-state index contributed by atoms with van der Waals surface area (Å²) >= 11 is 6.21. The van der Waals surface area contributed by atoms with Crippen LogP contribution in [0.15, 0.2) is 42.5 Å². The van der Waals surface area contributed by atoms with Gasteiger partial charge in [-0.1, -0.05) is 29.8 Å². The van der Waals surface area contributed by atoms with Gasteiger partial charge in [0.05, 0.1) is 5.02 Å². The number of rotatable bonds is 2. The molecule has 1 unspecified atom stereocenters. The lowest BCUT2D eigenvalue weighted by atomic mass is 10.1. The number of anilines is 1. The van der Waals surface area contributed by atoms with E-state index in [1.165, 1.54) is 5.69 Å². The van der Waals surface area contributed by atoms with E-state index in [1.807, 2.05) is 23.1 Å². The summed E-state index contributed by atoms with van der Waals surface area (Å²) in [4.78, 5) is 17.2. The van der Waals surface area contributed by atoms with Gasteiger partial charge in [0.2, 0.25) is 6.79 Å². The highest BCUT2D eigenvalue weighted by Gasteiger charge is 2.30. The van der Waals surface area contributed by atoms with Gasteiger partial charge < -0.3 is 19.3 Å². The van der Waals surface area contributed by atoms with Crippen molar-refractivity contribution in [2.75, 3.05) is 31.3 Å². The van der Waals surface area contributed by atoms with Crippen molar-refractivity contribution in [2.24, 2.45) is 0 Å². The lowest BCUT2D eigenvalue weighted by molar-refractivity contribution is 0.0673. The normalized spacial score (nSPS) is 19.2. The van der Waals surface area contributed by atoms with E-state index in [0.29, 0.717) is 28.6 Å². The lowest BCUT2D eigenvalue weighted by Crippen LogP contribution is -2.54. The Labute approximate surface area is 151 Å². The van der Waals surface area contributed by atoms with Crippen molar-refractivity contribution in [1.82, 2.24) is 4.90 Å². The van der Waals surface area contributed by atoms with Gasteiger partial charge in [-0.05, 0) is 31.2 Å². The molecule has 2 aliphatic rings. The Morgan fingerprint density at radius 2 is 1.96 bits per heavy atom. The van der Waals surface area contributed by atoms with Crippen molar-refractivity contribution in [3.8, 4) is 11.5 Å². The summed E-state index contributed by atoms with van der Waals surface area (Å²) in [6.07, 6.45) is 0. The molecule has 2 aliphatic heterocycles. The molecular formula is C19H19ClN2O3. The Hall–Kier alpha value is -2.40. The first kappa shape index (κ1) is 16.1. The quantitative estimate of drug-likeness (QED) is 0.825. The minimum atomic E-state index is -0.0274. The maximum atomic E-state index is 13.0. The minimum absolute atomic E-state index is 0.0274. The summed E-state index contributed by atoms with van der Waals surface area (Å²) in [5.41, 5.74) is 1.72. The van der Waals surface area contributed by atoms with Gasteiger partial charge in [-0.15, -0.1) is 0 Å². The van der Waals surface area contributed by atoms with Crippen LogP contribution in [-0.2, 0) is 0 Å². The number of amides is 1. The SMILES string of the molecule is CC1CN(c2ccccc2)CCN1C(=O)c1cc(Cl)c2c(c1)OCO2. The van der Waals surface area contributed by atoms with Gasteiger partial charge in [-0.25, -0.2) is 0 Å². The second-order valence-electron chi connectivity index (χ2n) is 6.32. The number of hydrogen-bond donors (Lipinski definition) is 0. The Morgan fingerprint density at radius 3 is 2.72 bits per heavy atom. The van der Waals surface area contributed by atoms with Crippen molar-refractivity contribution in [1.29, 1.82) is 0 Å². The monoisotopic (exact) mass is 358 g/mol. The first-order valence-electron chi connectivity index (χ1n) is 8.33. The third-order valence-corrected chi connectivity index (χ3v) is 4.96. The maximum absolute atomic E-state index is 13.0. The standard InChI is InChI=1S/C19H19ClN2O3/c1-13-11-21(15-5-3-2-4-6-15)7-8-22(13)19(23)14-9-16(20)18-17(10-14)24-12-25-18/h2-6,9-10,13H,7-8,11-12H2,1H3. The van der Waals surface area contributed by atoms with Crippen LogP contribution < -0.4 is 14.4 Å². The molecule has 2 heterocycles. The molecule has 0 spiro atoms. The van der Waals surface area contributed by atoms with Crippen molar-refractivity contribution >= 4 is 23.2 Å². The van der Waals surface area contributed by atoms with Crippen molar-refractivity contribution in [2.45, 2.75) is 13.0 Å². The molecule has 1 saturated heterocycles. The summed E-state index contributed by atoms with van der Waals surface area (Å²) in [5, 5.41) is 0.411. The zero-order valence-corrected chi connectivity index (χ0v) is 14.7. The third-order valence-electron chi connectivity index (χ3n) is 4.68. The van der Waals surface area contributed by atoms with Crippen LogP contribution in [0.5, 0.6) is 11.5 Å². The Morgan fingerprint density at radius 1 is 1.16 bits per heavy atom. The van der Waals surface area contributed by atoms with Gasteiger partial charge in [0, 0.05) is 36.9 Å². The molecular weight excluding hydrogens is 340 g/mol. The number of carbonyl (C=O) groups is 1. The largest absolute Gasteiger partial charge is 0.454 e. The molecule has 4 rings (SSSR count). The molecule has 25 heavy (non-hydrogen) atoms. The molecule has 0 aromatic heterocycles. The van der Waals surface area contributed by atoms with Crippen molar-refractivity contribution in [3.63, 3.8) is 0 Å². The second kappa shape index (κ2) is 6.48. The number of nitrogens with zero attached hydrogens (tertiary/aromatic N) is 2. The average molecular weight is 359 g/mol. The maximum Gasteiger partial charge on any atom is 0.254 e. The van der Waals surface area contributed by atoms with Crippen LogP contribution in [0.3, 0.4) is 0 Å². The number of benzene rings is 2. The molecule has 1 fully saturated rings. The van der Waals surface area contributed by atoms with E-state index in [9.17, 15) is 4.79 Å². The van der Waals surface area contributed by atoms with E-state index in [0.717, 1.165) is 13.1 Å². The fraction of sp³-hybridized carbons (Fsp3) is 0.316. The van der Waals surface area contributed by atoms with Crippen LogP contribution in [0.25, 0.3) is 0 Å². The smallest absolute Gasteiger partial charge is 0.254 e. The highest BCUT2D eigenvalue weighted by Crippen LogP contribution is 2.40. The molecule has 0 bridgehead atoms. The number of hydrogen-bond acceptors (Lipinski definition) is 4. The van der Waals surface area contributed by atoms with Crippen LogP contribution in [0.1, 0.15) is 17.3 Å². The van der Waals surface area contributed by atoms with Gasteiger partial charge in [-0.2, -0.15) is 0 Å². The molecule has 5 nitrogen and oxygen atoms in total. The van der Waals surface area contributed by atoms with Gasteiger partial charge >= 0.3 is 0 Å². The van der Waals surface area contributed by atoms with Gasteiger partial charge in [0.25, 0.3) is 5.91 Å². The van der Waals surface area contributed by atoms with Crippen LogP contribution in [-0.4, -0.2) is 43.3 Å². The van der Waals surface area contributed by atoms with E-state index in [4.69, 9.17) is 21.1 Å². The first-order valence-corrected chi connectivity index (χ1v) is 8.71. The van der Waals surface area contributed by atoms with E-state index >= 15 is 0 Å². The molecule has 0 aliphatic carbocycles. The molecule has 1 amide bonds. The molecule has 6 heteroatoms. The Balaban J connectivity index is 1.51. The van der Waals surface area contributed by atoms with Crippen LogP contribution >= 0.6 is 11.6 Å².